The van der Waals surface area contributed by atoms with Gasteiger partial charge in [-0.3, -0.25) is 4.79 Å². The average molecular weight is 309 g/mol. The summed E-state index contributed by atoms with van der Waals surface area (Å²) in [6.45, 7) is 8.61. The summed E-state index contributed by atoms with van der Waals surface area (Å²) in [4.78, 5) is 14.9. The van der Waals surface area contributed by atoms with Gasteiger partial charge < -0.3 is 16.0 Å². The predicted molar refractivity (Wildman–Crippen MR) is 91.6 cm³/mol. The van der Waals surface area contributed by atoms with Crippen LogP contribution in [0.4, 0.5) is 0 Å². The minimum Gasteiger partial charge on any atom is -0.353 e. The molecule has 128 valence electrons. The number of nitrogens with two attached hydrogens (primary N) is 1. The molecule has 2 aliphatic rings. The van der Waals surface area contributed by atoms with Gasteiger partial charge in [-0.15, -0.1) is 0 Å². The lowest BCUT2D eigenvalue weighted by Gasteiger charge is -2.37. The Hall–Kier alpha value is -0.610. The highest BCUT2D eigenvalue weighted by Gasteiger charge is 2.33. The first-order valence-corrected chi connectivity index (χ1v) is 9.25. The molecule has 1 heterocycles. The molecule has 1 aliphatic carbocycles. The van der Waals surface area contributed by atoms with E-state index in [1.807, 2.05) is 0 Å². The number of piperidine rings is 1. The highest BCUT2D eigenvalue weighted by Crippen LogP contribution is 2.38. The fourth-order valence-corrected chi connectivity index (χ4v) is 4.15. The van der Waals surface area contributed by atoms with Crippen molar-refractivity contribution in [3.8, 4) is 0 Å². The molecule has 0 radical (unpaired) electrons. The number of nitrogens with one attached hydrogen (secondary N) is 1. The van der Waals surface area contributed by atoms with Crippen molar-refractivity contribution in [2.24, 2.45) is 17.1 Å². The van der Waals surface area contributed by atoms with E-state index in [9.17, 15) is 4.79 Å². The van der Waals surface area contributed by atoms with Gasteiger partial charge in [0.1, 0.15) is 0 Å². The zero-order chi connectivity index (χ0) is 16.0. The number of carbonyl (C=O) groups is 1. The lowest BCUT2D eigenvalue weighted by molar-refractivity contribution is -0.124. The number of nitrogens with zero attached hydrogens (tertiary/aromatic N) is 1. The maximum absolute atomic E-state index is 12.4. The molecule has 0 aromatic rings. The molecular weight excluding hydrogens is 274 g/mol. The fourth-order valence-electron chi connectivity index (χ4n) is 4.15. The molecule has 2 rings (SSSR count). The van der Waals surface area contributed by atoms with Crippen molar-refractivity contribution in [3.05, 3.63) is 0 Å². The Bertz CT molecular complexity index is 342. The van der Waals surface area contributed by atoms with Crippen LogP contribution >= 0.6 is 0 Å². The lowest BCUT2D eigenvalue weighted by atomic mass is 9.71. The SMILES string of the molecule is CC(C)CN1CCC(NC(=O)CC2(CN)CCCCC2)CC1. The molecule has 22 heavy (non-hydrogen) atoms. The van der Waals surface area contributed by atoms with Gasteiger partial charge in [0.15, 0.2) is 0 Å². The van der Waals surface area contributed by atoms with E-state index in [4.69, 9.17) is 5.73 Å². The Kier molecular flexibility index (Phi) is 6.69. The van der Waals surface area contributed by atoms with Crippen LogP contribution in [-0.2, 0) is 4.79 Å². The van der Waals surface area contributed by atoms with E-state index in [1.165, 1.54) is 25.8 Å². The molecule has 1 aliphatic heterocycles. The number of amides is 1. The largest absolute Gasteiger partial charge is 0.353 e. The van der Waals surface area contributed by atoms with Crippen molar-refractivity contribution in [3.63, 3.8) is 0 Å². The van der Waals surface area contributed by atoms with Crippen LogP contribution in [0.15, 0.2) is 0 Å². The van der Waals surface area contributed by atoms with Gasteiger partial charge in [0.05, 0.1) is 0 Å². The fraction of sp³-hybridized carbons (Fsp3) is 0.944. The molecule has 1 saturated heterocycles. The normalized spacial score (nSPS) is 23.6. The van der Waals surface area contributed by atoms with Gasteiger partial charge in [0.25, 0.3) is 0 Å². The molecule has 3 N–H and O–H groups in total. The predicted octanol–water partition coefficient (Wildman–Crippen LogP) is 2.52. The summed E-state index contributed by atoms with van der Waals surface area (Å²) in [7, 11) is 0. The third-order valence-corrected chi connectivity index (χ3v) is 5.46. The van der Waals surface area contributed by atoms with Gasteiger partial charge in [-0.05, 0) is 43.6 Å². The van der Waals surface area contributed by atoms with E-state index in [2.05, 4.69) is 24.1 Å². The zero-order valence-corrected chi connectivity index (χ0v) is 14.6. The number of rotatable bonds is 6. The molecule has 1 amide bonds. The second-order valence-electron chi connectivity index (χ2n) is 7.98. The van der Waals surface area contributed by atoms with Crippen LogP contribution in [0.2, 0.25) is 0 Å². The maximum atomic E-state index is 12.4. The van der Waals surface area contributed by atoms with Crippen LogP contribution in [-0.4, -0.2) is 43.0 Å². The van der Waals surface area contributed by atoms with Crippen molar-refractivity contribution >= 4 is 5.91 Å². The minimum absolute atomic E-state index is 0.0840. The Balaban J connectivity index is 1.73. The topological polar surface area (TPSA) is 58.4 Å². The first-order valence-electron chi connectivity index (χ1n) is 9.25. The molecule has 4 nitrogen and oxygen atoms in total. The summed E-state index contributed by atoms with van der Waals surface area (Å²) in [6, 6.07) is 0.370. The monoisotopic (exact) mass is 309 g/mol. The molecule has 0 bridgehead atoms. The Morgan fingerprint density at radius 3 is 2.41 bits per heavy atom. The summed E-state index contributed by atoms with van der Waals surface area (Å²) in [5.41, 5.74) is 6.08. The molecule has 0 unspecified atom stereocenters. The van der Waals surface area contributed by atoms with E-state index >= 15 is 0 Å². The number of hydrogen-bond acceptors (Lipinski definition) is 3. The average Bonchev–Trinajstić information content (AvgIpc) is 2.49. The third kappa shape index (κ3) is 5.24. The highest BCUT2D eigenvalue weighted by atomic mass is 16.1. The molecule has 4 heteroatoms. The van der Waals surface area contributed by atoms with Crippen LogP contribution in [0, 0.1) is 11.3 Å². The minimum atomic E-state index is 0.0840. The van der Waals surface area contributed by atoms with E-state index in [-0.39, 0.29) is 11.3 Å². The molecule has 2 fully saturated rings. The van der Waals surface area contributed by atoms with Crippen LogP contribution in [0.25, 0.3) is 0 Å². The lowest BCUT2D eigenvalue weighted by Crippen LogP contribution is -2.47. The van der Waals surface area contributed by atoms with Crippen molar-refractivity contribution < 1.29 is 4.79 Å². The second kappa shape index (κ2) is 8.30. The summed E-state index contributed by atoms with van der Waals surface area (Å²) in [5.74, 6) is 0.955. The maximum Gasteiger partial charge on any atom is 0.220 e. The summed E-state index contributed by atoms with van der Waals surface area (Å²) in [5, 5.41) is 3.28. The van der Waals surface area contributed by atoms with Gasteiger partial charge >= 0.3 is 0 Å². The number of hydrogen-bond donors (Lipinski definition) is 2. The molecule has 0 atom stereocenters. The van der Waals surface area contributed by atoms with E-state index in [0.29, 0.717) is 19.0 Å². The van der Waals surface area contributed by atoms with Gasteiger partial charge in [0, 0.05) is 32.1 Å². The first-order chi connectivity index (χ1) is 10.5. The van der Waals surface area contributed by atoms with Gasteiger partial charge in [0.2, 0.25) is 5.91 Å². The van der Waals surface area contributed by atoms with E-state index in [1.54, 1.807) is 0 Å². The highest BCUT2D eigenvalue weighted by molar-refractivity contribution is 5.77. The molecule has 0 aromatic carbocycles. The number of likely N-dealkylation sites (tertiary alicyclic amines) is 1. The van der Waals surface area contributed by atoms with Gasteiger partial charge in [-0.25, -0.2) is 0 Å². The van der Waals surface area contributed by atoms with Gasteiger partial charge in [-0.1, -0.05) is 33.1 Å². The van der Waals surface area contributed by atoms with Crippen LogP contribution in [0.3, 0.4) is 0 Å². The molecule has 1 saturated carbocycles. The summed E-state index contributed by atoms with van der Waals surface area (Å²) < 4.78 is 0. The quantitative estimate of drug-likeness (QED) is 0.792. The molecular formula is C18H35N3O. The van der Waals surface area contributed by atoms with Crippen LogP contribution in [0.5, 0.6) is 0 Å². The van der Waals surface area contributed by atoms with E-state index < -0.39 is 0 Å². The molecule has 0 spiro atoms. The first kappa shape index (κ1) is 17.7. The second-order valence-corrected chi connectivity index (χ2v) is 7.98. The third-order valence-electron chi connectivity index (χ3n) is 5.46. The van der Waals surface area contributed by atoms with Crippen molar-refractivity contribution in [1.82, 2.24) is 10.2 Å². The molecule has 0 aromatic heterocycles. The van der Waals surface area contributed by atoms with Crippen LogP contribution in [0.1, 0.15) is 65.2 Å². The Morgan fingerprint density at radius 1 is 1.23 bits per heavy atom. The Morgan fingerprint density at radius 2 is 1.86 bits per heavy atom. The number of carbonyl (C=O) groups excluding carboxylic acids is 1. The standard InChI is InChI=1S/C18H35N3O/c1-15(2)13-21-10-6-16(7-11-21)20-17(22)12-18(14-19)8-4-3-5-9-18/h15-16H,3-14,19H2,1-2H3,(H,20,22). The summed E-state index contributed by atoms with van der Waals surface area (Å²) in [6.07, 6.45) is 8.85. The van der Waals surface area contributed by atoms with Crippen molar-refractivity contribution in [2.45, 2.75) is 71.3 Å². The zero-order valence-electron chi connectivity index (χ0n) is 14.6. The Labute approximate surface area is 136 Å². The van der Waals surface area contributed by atoms with Crippen LogP contribution < -0.4 is 11.1 Å². The van der Waals surface area contributed by atoms with Crippen molar-refractivity contribution in [2.75, 3.05) is 26.2 Å². The van der Waals surface area contributed by atoms with Crippen molar-refractivity contribution in [1.29, 1.82) is 0 Å². The van der Waals surface area contributed by atoms with Gasteiger partial charge in [-0.2, -0.15) is 0 Å². The summed E-state index contributed by atoms with van der Waals surface area (Å²) >= 11 is 0. The van der Waals surface area contributed by atoms with E-state index in [0.717, 1.165) is 44.7 Å². The smallest absolute Gasteiger partial charge is 0.220 e.